The van der Waals surface area contributed by atoms with Gasteiger partial charge >= 0.3 is 0 Å². The topological polar surface area (TPSA) is 15.6 Å². The number of hydrazone groups is 1. The zero-order chi connectivity index (χ0) is 7.28. The third-order valence-corrected chi connectivity index (χ3v) is 0.898. The average molecular weight is 124 g/mol. The zero-order valence-corrected chi connectivity index (χ0v) is 5.96. The van der Waals surface area contributed by atoms with Crippen molar-refractivity contribution < 1.29 is 0 Å². The lowest BCUT2D eigenvalue weighted by Crippen LogP contribution is -2.05. The van der Waals surface area contributed by atoms with Crippen LogP contribution in [0.15, 0.2) is 30.0 Å². The Morgan fingerprint density at radius 3 is 2.56 bits per heavy atom. The number of allylic oxidation sites excluding steroid dienone is 2. The van der Waals surface area contributed by atoms with Gasteiger partial charge in [-0.25, -0.2) is 0 Å². The molecule has 0 aromatic rings. The van der Waals surface area contributed by atoms with E-state index < -0.39 is 0 Å². The summed E-state index contributed by atoms with van der Waals surface area (Å²) >= 11 is 0. The van der Waals surface area contributed by atoms with E-state index in [0.29, 0.717) is 0 Å². The van der Waals surface area contributed by atoms with Crippen molar-refractivity contribution in [3.8, 4) is 0 Å². The highest BCUT2D eigenvalue weighted by Crippen LogP contribution is 1.93. The van der Waals surface area contributed by atoms with Gasteiger partial charge in [-0.2, -0.15) is 5.10 Å². The number of rotatable bonds is 3. The first kappa shape index (κ1) is 7.95. The highest BCUT2D eigenvalue weighted by atomic mass is 15.4. The van der Waals surface area contributed by atoms with Gasteiger partial charge in [0.15, 0.2) is 0 Å². The summed E-state index contributed by atoms with van der Waals surface area (Å²) in [7, 11) is 1.84. The predicted molar refractivity (Wildman–Crippen MR) is 41.3 cm³/mol. The van der Waals surface area contributed by atoms with Crippen molar-refractivity contribution in [3.05, 3.63) is 24.9 Å². The van der Waals surface area contributed by atoms with Crippen molar-refractivity contribution >= 4 is 6.21 Å². The van der Waals surface area contributed by atoms with E-state index in [9.17, 15) is 0 Å². The van der Waals surface area contributed by atoms with Crippen molar-refractivity contribution in [2.45, 2.75) is 6.92 Å². The molecule has 0 saturated carbocycles. The van der Waals surface area contributed by atoms with E-state index in [2.05, 4.69) is 18.3 Å². The van der Waals surface area contributed by atoms with Crippen LogP contribution in [0.25, 0.3) is 0 Å². The van der Waals surface area contributed by atoms with Crippen molar-refractivity contribution in [2.75, 3.05) is 7.05 Å². The first-order valence-corrected chi connectivity index (χ1v) is 2.72. The van der Waals surface area contributed by atoms with Gasteiger partial charge in [-0.15, -0.1) is 0 Å². The van der Waals surface area contributed by atoms with Crippen molar-refractivity contribution in [1.29, 1.82) is 0 Å². The van der Waals surface area contributed by atoms with Crippen LogP contribution in [0.2, 0.25) is 0 Å². The Bertz CT molecular complexity index is 136. The molecule has 0 aliphatic carbocycles. The number of nitrogens with zero attached hydrogens (tertiary/aromatic N) is 2. The summed E-state index contributed by atoms with van der Waals surface area (Å²) < 4.78 is 0. The zero-order valence-electron chi connectivity index (χ0n) is 5.96. The quantitative estimate of drug-likeness (QED) is 0.412. The van der Waals surface area contributed by atoms with Crippen molar-refractivity contribution in [2.24, 2.45) is 5.10 Å². The molecule has 0 aromatic carbocycles. The van der Waals surface area contributed by atoms with Gasteiger partial charge in [0.1, 0.15) is 0 Å². The molecule has 0 atom stereocenters. The molecular formula is C7H12N2. The lowest BCUT2D eigenvalue weighted by atomic mass is 10.6. The first-order chi connectivity index (χ1) is 4.18. The summed E-state index contributed by atoms with van der Waals surface area (Å²) in [6, 6.07) is 0. The predicted octanol–water partition coefficient (Wildman–Crippen LogP) is 1.62. The fraction of sp³-hybridized carbons (Fsp3) is 0.286. The second kappa shape index (κ2) is 3.89. The third kappa shape index (κ3) is 3.53. The van der Waals surface area contributed by atoms with Crippen LogP contribution < -0.4 is 0 Å². The van der Waals surface area contributed by atoms with Crippen LogP contribution in [0.4, 0.5) is 0 Å². The summed E-state index contributed by atoms with van der Waals surface area (Å²) in [6.07, 6.45) is 3.24. The Labute approximate surface area is 56.2 Å². The van der Waals surface area contributed by atoms with Gasteiger partial charge in [-0.1, -0.05) is 13.2 Å². The van der Waals surface area contributed by atoms with Crippen molar-refractivity contribution in [3.63, 3.8) is 0 Å². The Morgan fingerprint density at radius 1 is 1.67 bits per heavy atom. The van der Waals surface area contributed by atoms with Crippen LogP contribution in [0.1, 0.15) is 6.92 Å². The summed E-state index contributed by atoms with van der Waals surface area (Å²) in [4.78, 5) is 0. The minimum absolute atomic E-state index is 0.910. The molecule has 2 nitrogen and oxygen atoms in total. The van der Waals surface area contributed by atoms with Crippen LogP contribution in [-0.2, 0) is 0 Å². The molecule has 2 heteroatoms. The molecule has 0 heterocycles. The lowest BCUT2D eigenvalue weighted by Gasteiger charge is -2.09. The molecule has 0 saturated heterocycles. The van der Waals surface area contributed by atoms with Gasteiger partial charge in [0.25, 0.3) is 0 Å². The number of hydrogen-bond donors (Lipinski definition) is 0. The maximum atomic E-state index is 3.93. The maximum Gasteiger partial charge on any atom is 0.0468 e. The Balaban J connectivity index is 3.75. The van der Waals surface area contributed by atoms with Crippen LogP contribution in [0.3, 0.4) is 0 Å². The molecule has 0 fully saturated rings. The van der Waals surface area contributed by atoms with E-state index in [1.807, 2.05) is 14.0 Å². The van der Waals surface area contributed by atoms with Crippen LogP contribution in [0.5, 0.6) is 0 Å². The summed E-state index contributed by atoms with van der Waals surface area (Å²) in [5.74, 6) is 0. The van der Waals surface area contributed by atoms with E-state index in [4.69, 9.17) is 0 Å². The largest absolute Gasteiger partial charge is 0.274 e. The average Bonchev–Trinajstić information content (AvgIpc) is 1.82. The molecule has 0 rings (SSSR count). The molecule has 0 radical (unpaired) electrons. The Morgan fingerprint density at radius 2 is 2.22 bits per heavy atom. The normalized spacial score (nSPS) is 9.56. The van der Waals surface area contributed by atoms with E-state index in [1.165, 1.54) is 0 Å². The third-order valence-electron chi connectivity index (χ3n) is 0.898. The summed E-state index contributed by atoms with van der Waals surface area (Å²) in [5, 5.41) is 5.62. The van der Waals surface area contributed by atoms with Gasteiger partial charge in [0.05, 0.1) is 0 Å². The summed E-state index contributed by atoms with van der Waals surface area (Å²) in [6.45, 7) is 9.06. The standard InChI is InChI=1S/C7H12N2/c1-5-6-8-9(4)7(2)3/h5-6H,1-2H2,3-4H3/b8-6-. The molecule has 0 amide bonds. The highest BCUT2D eigenvalue weighted by Gasteiger charge is 1.86. The van der Waals surface area contributed by atoms with Gasteiger partial charge in [0, 0.05) is 19.0 Å². The van der Waals surface area contributed by atoms with Gasteiger partial charge in [0.2, 0.25) is 0 Å². The molecule has 0 bridgehead atoms. The molecule has 0 unspecified atom stereocenters. The van der Waals surface area contributed by atoms with E-state index >= 15 is 0 Å². The van der Waals surface area contributed by atoms with E-state index in [1.54, 1.807) is 17.3 Å². The fourth-order valence-electron chi connectivity index (χ4n) is 0.246. The molecule has 50 valence electrons. The maximum absolute atomic E-state index is 3.93. The molecule has 0 N–H and O–H groups in total. The van der Waals surface area contributed by atoms with Crippen LogP contribution in [0, 0.1) is 0 Å². The van der Waals surface area contributed by atoms with Crippen molar-refractivity contribution in [1.82, 2.24) is 5.01 Å². The Hall–Kier alpha value is -1.05. The molecule has 0 spiro atoms. The smallest absolute Gasteiger partial charge is 0.0468 e. The molecular weight excluding hydrogens is 112 g/mol. The van der Waals surface area contributed by atoms with Crippen LogP contribution >= 0.6 is 0 Å². The fourth-order valence-corrected chi connectivity index (χ4v) is 0.246. The Kier molecular flexibility index (Phi) is 3.44. The van der Waals surface area contributed by atoms with Gasteiger partial charge < -0.3 is 0 Å². The molecule has 0 aromatic heterocycles. The minimum atomic E-state index is 0.910. The molecule has 9 heavy (non-hydrogen) atoms. The SMILES string of the molecule is C=C/C=N\N(C)C(=C)C. The monoisotopic (exact) mass is 124 g/mol. The highest BCUT2D eigenvalue weighted by molar-refractivity contribution is 5.69. The van der Waals surface area contributed by atoms with E-state index in [0.717, 1.165) is 5.70 Å². The molecule has 0 aliphatic heterocycles. The summed E-state index contributed by atoms with van der Waals surface area (Å²) in [5.41, 5.74) is 0.910. The second-order valence-corrected chi connectivity index (χ2v) is 1.76. The first-order valence-electron chi connectivity index (χ1n) is 2.72. The molecule has 0 aliphatic rings. The second-order valence-electron chi connectivity index (χ2n) is 1.76. The minimum Gasteiger partial charge on any atom is -0.274 e. The van der Waals surface area contributed by atoms with E-state index in [-0.39, 0.29) is 0 Å². The lowest BCUT2D eigenvalue weighted by molar-refractivity contribution is 0.452. The van der Waals surface area contributed by atoms with Crippen LogP contribution in [-0.4, -0.2) is 18.3 Å². The van der Waals surface area contributed by atoms with Gasteiger partial charge in [-0.05, 0) is 13.0 Å². The number of hydrogen-bond acceptors (Lipinski definition) is 2. The van der Waals surface area contributed by atoms with Gasteiger partial charge in [-0.3, -0.25) is 5.01 Å².